The van der Waals surface area contributed by atoms with Gasteiger partial charge in [-0.15, -0.1) is 39.7 Å². The molecule has 5 aliphatic rings. The fourth-order valence-electron chi connectivity index (χ4n) is 10.3. The molecule has 262 valence electrons. The van der Waals surface area contributed by atoms with Crippen LogP contribution in [0.15, 0.2) is 78.4 Å². The Kier molecular flexibility index (Phi) is 10.7. The molecule has 4 bridgehead atoms. The average molecular weight is 742 g/mol. The molecule has 0 heterocycles. The molecule has 1 atom stereocenters. The Balaban J connectivity index is 0.000000140. The Morgan fingerprint density at radius 1 is 0.780 bits per heavy atom. The normalized spacial score (nSPS) is 26.8. The summed E-state index contributed by atoms with van der Waals surface area (Å²) in [7, 11) is 0. The van der Waals surface area contributed by atoms with E-state index in [-0.39, 0.29) is 10.8 Å². The fourth-order valence-corrected chi connectivity index (χ4v) is 10.8. The molecule has 9 rings (SSSR count). The van der Waals surface area contributed by atoms with Crippen LogP contribution in [0.3, 0.4) is 0 Å². The summed E-state index contributed by atoms with van der Waals surface area (Å²) in [6.07, 6.45) is 17.1. The zero-order valence-corrected chi connectivity index (χ0v) is 35.5. The van der Waals surface area contributed by atoms with E-state index in [0.717, 1.165) is 23.7 Å². The van der Waals surface area contributed by atoms with Crippen molar-refractivity contribution in [1.82, 2.24) is 0 Å². The van der Waals surface area contributed by atoms with Gasteiger partial charge >= 0.3 is 76.7 Å². The summed E-state index contributed by atoms with van der Waals surface area (Å²) in [5, 5.41) is 5.55. The molecule has 0 aliphatic heterocycles. The standard InChI is InChI=1S/C23H29.C17H23.C9H10.Zr/c1-14-9-16-11-17-10-15(2)21(23(6,7)8)13-19(17)18(16)12-20(14)22(3,4)5;1-11-3-4-14(5-11)17(2)15-7-12-6-13(9-15)10-16(17)8-12;1-2-6-9-7-4-3-5-8-9;/h9-13H,1-8H3;4-5,11-13,15-16H,6-10H2,1-2H3;3-5,7-8H,2H2,1H3;/q2*-1;;+2. The van der Waals surface area contributed by atoms with Crippen LogP contribution in [0.2, 0.25) is 0 Å². The number of benzene rings is 3. The topological polar surface area (TPSA) is 0 Å². The second-order valence-corrected chi connectivity index (χ2v) is 20.1. The van der Waals surface area contributed by atoms with Crippen LogP contribution in [0.4, 0.5) is 0 Å². The number of rotatable bonds is 3. The van der Waals surface area contributed by atoms with Gasteiger partial charge in [-0.3, -0.25) is 6.08 Å². The molecule has 0 N–H and O–H groups in total. The van der Waals surface area contributed by atoms with Crippen LogP contribution in [-0.2, 0) is 35.1 Å². The first kappa shape index (κ1) is 37.5. The molecule has 0 nitrogen and oxygen atoms in total. The van der Waals surface area contributed by atoms with E-state index in [9.17, 15) is 0 Å². The van der Waals surface area contributed by atoms with Crippen molar-refractivity contribution in [2.45, 2.75) is 126 Å². The third-order valence-electron chi connectivity index (χ3n) is 12.9. The smallest absolute Gasteiger partial charge is 0.0142 e. The molecule has 50 heavy (non-hydrogen) atoms. The van der Waals surface area contributed by atoms with Crippen LogP contribution in [0.5, 0.6) is 0 Å². The largest absolute Gasteiger partial charge is 0.126 e. The van der Waals surface area contributed by atoms with Crippen LogP contribution in [0.25, 0.3) is 21.5 Å². The van der Waals surface area contributed by atoms with E-state index in [1.54, 1.807) is 15.2 Å². The van der Waals surface area contributed by atoms with Gasteiger partial charge in [0.2, 0.25) is 0 Å². The molecule has 0 radical (unpaired) electrons. The third kappa shape index (κ3) is 7.47. The summed E-state index contributed by atoms with van der Waals surface area (Å²) in [5.41, 5.74) is 9.61. The second-order valence-electron chi connectivity index (χ2n) is 18.7. The van der Waals surface area contributed by atoms with Crippen molar-refractivity contribution in [3.05, 3.63) is 112 Å². The number of aryl methyl sites for hydroxylation is 2. The van der Waals surface area contributed by atoms with Crippen molar-refractivity contribution < 1.29 is 24.2 Å². The summed E-state index contributed by atoms with van der Waals surface area (Å²) in [4.78, 5) is 0. The van der Waals surface area contributed by atoms with Gasteiger partial charge in [0.15, 0.2) is 0 Å². The summed E-state index contributed by atoms with van der Waals surface area (Å²) < 4.78 is 1.55. The molecular formula is C49H62Zr. The average Bonchev–Trinajstić information content (AvgIpc) is 3.64. The van der Waals surface area contributed by atoms with Gasteiger partial charge in [0.05, 0.1) is 0 Å². The molecule has 4 aromatic rings. The molecular weight excluding hydrogens is 680 g/mol. The van der Waals surface area contributed by atoms with E-state index < -0.39 is 0 Å². The monoisotopic (exact) mass is 740 g/mol. The minimum Gasteiger partial charge on any atom is -0.126 e. The zero-order chi connectivity index (χ0) is 36.2. The number of allylic oxidation sites excluding steroid dienone is 4. The van der Waals surface area contributed by atoms with Crippen LogP contribution in [0, 0.1) is 54.9 Å². The molecule has 4 fully saturated rings. The van der Waals surface area contributed by atoms with Crippen LogP contribution in [-0.4, -0.2) is 3.21 Å². The van der Waals surface area contributed by atoms with Gasteiger partial charge in [0, 0.05) is 0 Å². The first-order valence-corrected chi connectivity index (χ1v) is 20.8. The predicted octanol–water partition coefficient (Wildman–Crippen LogP) is 13.5. The Labute approximate surface area is 319 Å². The number of hydrogen-bond acceptors (Lipinski definition) is 0. The molecule has 0 aromatic heterocycles. The first-order valence-electron chi connectivity index (χ1n) is 19.6. The SMILES string of the molecule is CC1[C-]=CC(C2(C)C3CC4CC(C3)CC2C4)=C1.CC[C](=[Zr+2])c1ccccc1.Cc1cc2[cH-]c3cc(C)c(C(C)(C)C)cc3c2cc1C(C)(C)C. The van der Waals surface area contributed by atoms with E-state index in [1.165, 1.54) is 106 Å². The summed E-state index contributed by atoms with van der Waals surface area (Å²) in [6.45, 7) is 25.3. The van der Waals surface area contributed by atoms with Gasteiger partial charge in [0.1, 0.15) is 0 Å². The molecule has 0 spiro atoms. The second kappa shape index (κ2) is 14.3. The van der Waals surface area contributed by atoms with E-state index in [4.69, 9.17) is 0 Å². The van der Waals surface area contributed by atoms with Crippen molar-refractivity contribution in [3.63, 3.8) is 0 Å². The minimum atomic E-state index is 0.180. The first-order chi connectivity index (χ1) is 23.5. The molecule has 0 amide bonds. The van der Waals surface area contributed by atoms with Crippen LogP contribution >= 0.6 is 0 Å². The van der Waals surface area contributed by atoms with Crippen molar-refractivity contribution in [3.8, 4) is 0 Å². The van der Waals surface area contributed by atoms with Crippen LogP contribution in [0.1, 0.15) is 129 Å². The van der Waals surface area contributed by atoms with Gasteiger partial charge < -0.3 is 0 Å². The maximum absolute atomic E-state index is 3.49. The Morgan fingerprint density at radius 2 is 1.26 bits per heavy atom. The zero-order valence-electron chi connectivity index (χ0n) is 33.1. The number of fused-ring (bicyclic) bond motifs is 3. The summed E-state index contributed by atoms with van der Waals surface area (Å²) in [6, 6.07) is 22.5. The minimum absolute atomic E-state index is 0.180. The molecule has 4 aromatic carbocycles. The van der Waals surface area contributed by atoms with Gasteiger partial charge in [-0.05, 0) is 80.5 Å². The van der Waals surface area contributed by atoms with Gasteiger partial charge in [0.25, 0.3) is 0 Å². The van der Waals surface area contributed by atoms with Gasteiger partial charge in [-0.1, -0.05) is 101 Å². The van der Waals surface area contributed by atoms with Crippen molar-refractivity contribution in [1.29, 1.82) is 0 Å². The van der Waals surface area contributed by atoms with E-state index in [1.807, 2.05) is 0 Å². The van der Waals surface area contributed by atoms with Gasteiger partial charge in [-0.2, -0.15) is 11.6 Å². The predicted molar refractivity (Wildman–Crippen MR) is 215 cm³/mol. The van der Waals surface area contributed by atoms with Crippen molar-refractivity contribution >= 4 is 24.8 Å². The molecule has 5 aliphatic carbocycles. The third-order valence-corrected chi connectivity index (χ3v) is 14.5. The fraction of sp³-hybridized carbons (Fsp3) is 0.510. The molecule has 1 unspecified atom stereocenters. The Hall–Kier alpha value is -2.24. The summed E-state index contributed by atoms with van der Waals surface area (Å²) >= 11 is 1.54. The van der Waals surface area contributed by atoms with Crippen molar-refractivity contribution in [2.24, 2.45) is 35.0 Å². The van der Waals surface area contributed by atoms with E-state index >= 15 is 0 Å². The molecule has 1 heteroatoms. The Morgan fingerprint density at radius 3 is 1.66 bits per heavy atom. The molecule has 0 saturated heterocycles. The maximum atomic E-state index is 3.49. The quantitative estimate of drug-likeness (QED) is 0.183. The number of hydrogen-bond donors (Lipinski definition) is 0. The van der Waals surface area contributed by atoms with E-state index in [0.29, 0.717) is 11.3 Å². The van der Waals surface area contributed by atoms with E-state index in [2.05, 4.69) is 155 Å². The summed E-state index contributed by atoms with van der Waals surface area (Å²) in [5.74, 6) is 4.68. The van der Waals surface area contributed by atoms with Gasteiger partial charge in [-0.25, -0.2) is 6.08 Å². The molecule has 4 saturated carbocycles. The Bertz CT molecular complexity index is 1810. The maximum Gasteiger partial charge on any atom is -0.0142 e. The van der Waals surface area contributed by atoms with Crippen molar-refractivity contribution in [2.75, 3.05) is 0 Å². The van der Waals surface area contributed by atoms with Crippen LogP contribution < -0.4 is 0 Å².